The van der Waals surface area contributed by atoms with Gasteiger partial charge >= 0.3 is 6.18 Å². The quantitative estimate of drug-likeness (QED) is 0.677. The van der Waals surface area contributed by atoms with Gasteiger partial charge in [0, 0.05) is 5.56 Å². The number of hydrogen-bond acceptors (Lipinski definition) is 2. The van der Waals surface area contributed by atoms with Crippen molar-refractivity contribution in [3.05, 3.63) is 53.3 Å². The van der Waals surface area contributed by atoms with Crippen molar-refractivity contribution >= 4 is 5.65 Å². The molecule has 0 saturated heterocycles. The molecule has 108 valence electrons. The number of aryl methyl sites for hydroxylation is 2. The highest BCUT2D eigenvalue weighted by Crippen LogP contribution is 2.36. The van der Waals surface area contributed by atoms with Crippen LogP contribution in [-0.4, -0.2) is 14.6 Å². The number of alkyl halides is 3. The maximum atomic E-state index is 13.1. The van der Waals surface area contributed by atoms with E-state index in [1.807, 2.05) is 13.8 Å². The summed E-state index contributed by atoms with van der Waals surface area (Å²) in [6.07, 6.45) is -4.41. The van der Waals surface area contributed by atoms with Gasteiger partial charge in [-0.2, -0.15) is 18.3 Å². The summed E-state index contributed by atoms with van der Waals surface area (Å²) >= 11 is 0. The molecule has 21 heavy (non-hydrogen) atoms. The zero-order valence-electron chi connectivity index (χ0n) is 11.4. The molecule has 0 aliphatic rings. The molecule has 3 rings (SSSR count). The van der Waals surface area contributed by atoms with Crippen LogP contribution in [0.25, 0.3) is 16.9 Å². The second-order valence-corrected chi connectivity index (χ2v) is 4.81. The molecule has 0 unspecified atom stereocenters. The third-order valence-corrected chi connectivity index (χ3v) is 3.45. The Kier molecular flexibility index (Phi) is 2.97. The van der Waals surface area contributed by atoms with Crippen molar-refractivity contribution in [2.45, 2.75) is 20.0 Å². The van der Waals surface area contributed by atoms with Gasteiger partial charge in [-0.05, 0) is 32.0 Å². The molecule has 0 radical (unpaired) electrons. The van der Waals surface area contributed by atoms with Gasteiger partial charge in [-0.3, -0.25) is 0 Å². The summed E-state index contributed by atoms with van der Waals surface area (Å²) in [7, 11) is 0. The first-order valence-corrected chi connectivity index (χ1v) is 6.37. The molecule has 0 amide bonds. The lowest BCUT2D eigenvalue weighted by molar-refractivity contribution is -0.137. The van der Waals surface area contributed by atoms with Crippen LogP contribution >= 0.6 is 0 Å². The molecule has 0 atom stereocenters. The lowest BCUT2D eigenvalue weighted by atomic mass is 10.0. The lowest BCUT2D eigenvalue weighted by Gasteiger charge is -2.12. The summed E-state index contributed by atoms with van der Waals surface area (Å²) in [5, 5.41) is 4.29. The van der Waals surface area contributed by atoms with Crippen molar-refractivity contribution in [1.29, 1.82) is 0 Å². The minimum absolute atomic E-state index is 0.0673. The first kappa shape index (κ1) is 13.6. The second-order valence-electron chi connectivity index (χ2n) is 4.81. The predicted octanol–water partition coefficient (Wildman–Crippen LogP) is 4.03. The van der Waals surface area contributed by atoms with E-state index in [9.17, 15) is 13.2 Å². The highest BCUT2D eigenvalue weighted by molar-refractivity contribution is 5.65. The summed E-state index contributed by atoms with van der Waals surface area (Å²) < 4.78 is 40.8. The minimum Gasteiger partial charge on any atom is -0.232 e. The van der Waals surface area contributed by atoms with E-state index in [1.165, 1.54) is 12.1 Å². The van der Waals surface area contributed by atoms with Crippen LogP contribution in [0.2, 0.25) is 0 Å². The third kappa shape index (κ3) is 2.26. The van der Waals surface area contributed by atoms with E-state index in [1.54, 1.807) is 22.7 Å². The van der Waals surface area contributed by atoms with Crippen LogP contribution in [0.4, 0.5) is 13.2 Å². The Balaban J connectivity index is 2.24. The number of nitrogens with zero attached hydrogens (tertiary/aromatic N) is 3. The Labute approximate surface area is 119 Å². The molecule has 0 saturated carbocycles. The molecule has 1 aromatic carbocycles. The van der Waals surface area contributed by atoms with Crippen LogP contribution in [-0.2, 0) is 6.18 Å². The van der Waals surface area contributed by atoms with E-state index in [-0.39, 0.29) is 11.3 Å². The van der Waals surface area contributed by atoms with Crippen molar-refractivity contribution in [2.24, 2.45) is 0 Å². The fraction of sp³-hybridized carbons (Fsp3) is 0.200. The van der Waals surface area contributed by atoms with Crippen LogP contribution in [0, 0.1) is 13.8 Å². The summed E-state index contributed by atoms with van der Waals surface area (Å²) in [5.41, 5.74) is 1.90. The number of rotatable bonds is 1. The van der Waals surface area contributed by atoms with Gasteiger partial charge in [0.25, 0.3) is 0 Å². The lowest BCUT2D eigenvalue weighted by Crippen LogP contribution is -2.08. The molecule has 0 spiro atoms. The topological polar surface area (TPSA) is 30.2 Å². The Morgan fingerprint density at radius 2 is 1.71 bits per heavy atom. The normalized spacial score (nSPS) is 12.0. The number of imidazole rings is 1. The fourth-order valence-electron chi connectivity index (χ4n) is 2.25. The number of halogens is 3. The molecule has 2 heterocycles. The molecule has 0 aliphatic heterocycles. The van der Waals surface area contributed by atoms with Gasteiger partial charge in [0.05, 0.1) is 22.6 Å². The van der Waals surface area contributed by atoms with Gasteiger partial charge < -0.3 is 0 Å². The zero-order valence-corrected chi connectivity index (χ0v) is 11.4. The number of hydrogen-bond donors (Lipinski definition) is 0. The fourth-order valence-corrected chi connectivity index (χ4v) is 2.25. The van der Waals surface area contributed by atoms with Crippen molar-refractivity contribution in [3.63, 3.8) is 0 Å². The molecule has 0 bridgehead atoms. The van der Waals surface area contributed by atoms with Gasteiger partial charge in [-0.15, -0.1) is 0 Å². The monoisotopic (exact) mass is 291 g/mol. The Morgan fingerprint density at radius 1 is 1.00 bits per heavy atom. The maximum Gasteiger partial charge on any atom is 0.417 e. The molecule has 2 aromatic heterocycles. The molecule has 6 heteroatoms. The SMILES string of the molecule is Cc1nc2ccc(-c3ccccc3C(F)(F)F)nn2c1C. The van der Waals surface area contributed by atoms with Crippen molar-refractivity contribution in [2.75, 3.05) is 0 Å². The molecule has 0 aliphatic carbocycles. The average molecular weight is 291 g/mol. The molecule has 3 nitrogen and oxygen atoms in total. The number of benzene rings is 1. The first-order chi connectivity index (χ1) is 9.88. The molecular formula is C15H12F3N3. The summed E-state index contributed by atoms with van der Waals surface area (Å²) in [6, 6.07) is 8.67. The Morgan fingerprint density at radius 3 is 2.43 bits per heavy atom. The standard InChI is InChI=1S/C15H12F3N3/c1-9-10(2)21-14(19-9)8-7-13(20-21)11-5-3-4-6-12(11)15(16,17)18/h3-8H,1-2H3. The summed E-state index contributed by atoms with van der Waals surface area (Å²) in [4.78, 5) is 4.30. The number of aromatic nitrogens is 3. The Bertz CT molecular complexity index is 819. The molecule has 0 fully saturated rings. The Hall–Kier alpha value is -2.37. The van der Waals surface area contributed by atoms with Gasteiger partial charge in [0.15, 0.2) is 5.65 Å². The largest absolute Gasteiger partial charge is 0.417 e. The molecular weight excluding hydrogens is 279 g/mol. The van der Waals surface area contributed by atoms with Crippen LogP contribution in [0.5, 0.6) is 0 Å². The van der Waals surface area contributed by atoms with E-state index in [0.717, 1.165) is 17.5 Å². The van der Waals surface area contributed by atoms with E-state index in [2.05, 4.69) is 10.1 Å². The summed E-state index contributed by atoms with van der Waals surface area (Å²) in [5.74, 6) is 0. The first-order valence-electron chi connectivity index (χ1n) is 6.37. The zero-order chi connectivity index (χ0) is 15.2. The van der Waals surface area contributed by atoms with Crippen molar-refractivity contribution < 1.29 is 13.2 Å². The van der Waals surface area contributed by atoms with E-state index < -0.39 is 11.7 Å². The van der Waals surface area contributed by atoms with Gasteiger partial charge in [0.2, 0.25) is 0 Å². The van der Waals surface area contributed by atoms with E-state index in [4.69, 9.17) is 0 Å². The minimum atomic E-state index is -4.41. The second kappa shape index (κ2) is 4.58. The van der Waals surface area contributed by atoms with Crippen LogP contribution < -0.4 is 0 Å². The van der Waals surface area contributed by atoms with Gasteiger partial charge in [0.1, 0.15) is 0 Å². The van der Waals surface area contributed by atoms with Crippen LogP contribution in [0.3, 0.4) is 0 Å². The van der Waals surface area contributed by atoms with E-state index >= 15 is 0 Å². The highest BCUT2D eigenvalue weighted by atomic mass is 19.4. The highest BCUT2D eigenvalue weighted by Gasteiger charge is 2.33. The van der Waals surface area contributed by atoms with Crippen LogP contribution in [0.1, 0.15) is 17.0 Å². The molecule has 0 N–H and O–H groups in total. The predicted molar refractivity (Wildman–Crippen MR) is 72.9 cm³/mol. The summed E-state index contributed by atoms with van der Waals surface area (Å²) in [6.45, 7) is 3.68. The van der Waals surface area contributed by atoms with Crippen molar-refractivity contribution in [3.8, 4) is 11.3 Å². The third-order valence-electron chi connectivity index (χ3n) is 3.45. The van der Waals surface area contributed by atoms with Gasteiger partial charge in [-0.1, -0.05) is 18.2 Å². The van der Waals surface area contributed by atoms with E-state index in [0.29, 0.717) is 5.65 Å². The average Bonchev–Trinajstić information content (AvgIpc) is 2.73. The van der Waals surface area contributed by atoms with Crippen molar-refractivity contribution in [1.82, 2.24) is 14.6 Å². The maximum absolute atomic E-state index is 13.1. The number of fused-ring (bicyclic) bond motifs is 1. The van der Waals surface area contributed by atoms with Gasteiger partial charge in [-0.25, -0.2) is 9.50 Å². The molecule has 3 aromatic rings. The smallest absolute Gasteiger partial charge is 0.232 e. The van der Waals surface area contributed by atoms with Crippen LogP contribution in [0.15, 0.2) is 36.4 Å².